The number of carbonyl (C=O) groups excluding carboxylic acids is 2. The van der Waals surface area contributed by atoms with E-state index in [1.807, 2.05) is 0 Å². The van der Waals surface area contributed by atoms with Crippen LogP contribution in [0.15, 0.2) is 47.1 Å². The first kappa shape index (κ1) is 18.9. The van der Waals surface area contributed by atoms with Gasteiger partial charge in [-0.25, -0.2) is 9.18 Å². The van der Waals surface area contributed by atoms with Crippen LogP contribution in [0.1, 0.15) is 24.2 Å². The van der Waals surface area contributed by atoms with Crippen molar-refractivity contribution in [3.8, 4) is 0 Å². The average Bonchev–Trinajstić information content (AvgIpc) is 3.36. The Labute approximate surface area is 158 Å². The van der Waals surface area contributed by atoms with Crippen LogP contribution >= 0.6 is 0 Å². The predicted molar refractivity (Wildman–Crippen MR) is 98.2 cm³/mol. The van der Waals surface area contributed by atoms with Crippen LogP contribution in [0.5, 0.6) is 0 Å². The minimum Gasteiger partial charge on any atom is -0.467 e. The van der Waals surface area contributed by atoms with Gasteiger partial charge in [0.2, 0.25) is 5.91 Å². The number of furan rings is 1. The minimum atomic E-state index is -0.320. The number of nitrogens with zero attached hydrogens (tertiary/aromatic N) is 3. The van der Waals surface area contributed by atoms with Crippen molar-refractivity contribution in [2.24, 2.45) is 0 Å². The predicted octanol–water partition coefficient (Wildman–Crippen LogP) is 3.09. The number of benzene rings is 1. The molecule has 1 aliphatic rings. The van der Waals surface area contributed by atoms with Gasteiger partial charge in [0, 0.05) is 26.7 Å². The second-order valence-electron chi connectivity index (χ2n) is 6.99. The highest BCUT2D eigenvalue weighted by molar-refractivity contribution is 5.84. The molecular weight excluding hydrogens is 349 g/mol. The molecule has 27 heavy (non-hydrogen) atoms. The van der Waals surface area contributed by atoms with E-state index in [-0.39, 0.29) is 36.9 Å². The summed E-state index contributed by atoms with van der Waals surface area (Å²) in [7, 11) is 3.36. The fourth-order valence-electron chi connectivity index (χ4n) is 2.87. The highest BCUT2D eigenvalue weighted by Crippen LogP contribution is 2.27. The second kappa shape index (κ2) is 8.24. The fraction of sp³-hybridized carbons (Fsp3) is 0.400. The summed E-state index contributed by atoms with van der Waals surface area (Å²) in [6, 6.07) is 9.58. The largest absolute Gasteiger partial charge is 0.467 e. The molecule has 144 valence electrons. The van der Waals surface area contributed by atoms with Crippen LogP contribution in [0, 0.1) is 5.82 Å². The second-order valence-corrected chi connectivity index (χ2v) is 6.99. The maximum Gasteiger partial charge on any atom is 0.320 e. The van der Waals surface area contributed by atoms with E-state index in [0.717, 1.165) is 18.4 Å². The number of amides is 3. The summed E-state index contributed by atoms with van der Waals surface area (Å²) in [5.74, 6) is 0.166. The molecule has 0 unspecified atom stereocenters. The minimum absolute atomic E-state index is 0.0174. The zero-order valence-electron chi connectivity index (χ0n) is 15.6. The van der Waals surface area contributed by atoms with Crippen LogP contribution in [0.2, 0.25) is 0 Å². The summed E-state index contributed by atoms with van der Waals surface area (Å²) in [6.07, 6.45) is 3.40. The molecule has 2 aromatic rings. The monoisotopic (exact) mass is 373 g/mol. The summed E-state index contributed by atoms with van der Waals surface area (Å²) >= 11 is 0. The smallest absolute Gasteiger partial charge is 0.320 e. The Balaban J connectivity index is 1.74. The van der Waals surface area contributed by atoms with E-state index in [9.17, 15) is 14.0 Å². The molecule has 0 radical (unpaired) electrons. The molecule has 0 N–H and O–H groups in total. The van der Waals surface area contributed by atoms with Gasteiger partial charge in [0.15, 0.2) is 0 Å². The number of carbonyl (C=O) groups is 2. The Kier molecular flexibility index (Phi) is 5.78. The van der Waals surface area contributed by atoms with Crippen molar-refractivity contribution in [1.29, 1.82) is 0 Å². The van der Waals surface area contributed by atoms with Gasteiger partial charge in [0.25, 0.3) is 0 Å². The van der Waals surface area contributed by atoms with Crippen LogP contribution in [-0.4, -0.2) is 53.3 Å². The van der Waals surface area contributed by atoms with Gasteiger partial charge in [-0.3, -0.25) is 4.79 Å². The molecule has 1 aromatic heterocycles. The zero-order valence-corrected chi connectivity index (χ0v) is 15.6. The van der Waals surface area contributed by atoms with Crippen molar-refractivity contribution in [3.05, 3.63) is 59.8 Å². The van der Waals surface area contributed by atoms with Gasteiger partial charge in [0.1, 0.15) is 18.1 Å². The maximum atomic E-state index is 13.2. The Hall–Kier alpha value is -2.83. The number of urea groups is 1. The Morgan fingerprint density at radius 2 is 1.81 bits per heavy atom. The van der Waals surface area contributed by atoms with Gasteiger partial charge in [0.05, 0.1) is 12.8 Å². The normalized spacial score (nSPS) is 13.3. The molecule has 0 aliphatic heterocycles. The van der Waals surface area contributed by atoms with Crippen LogP contribution in [0.4, 0.5) is 9.18 Å². The van der Waals surface area contributed by atoms with Gasteiger partial charge < -0.3 is 19.1 Å². The van der Waals surface area contributed by atoms with Crippen molar-refractivity contribution in [2.45, 2.75) is 32.0 Å². The van der Waals surface area contributed by atoms with Crippen molar-refractivity contribution >= 4 is 11.9 Å². The summed E-state index contributed by atoms with van der Waals surface area (Å²) in [5.41, 5.74) is 0.813. The summed E-state index contributed by atoms with van der Waals surface area (Å²) < 4.78 is 18.6. The third kappa shape index (κ3) is 5.09. The number of hydrogen-bond donors (Lipinski definition) is 0. The fourth-order valence-corrected chi connectivity index (χ4v) is 2.87. The molecule has 0 saturated heterocycles. The molecule has 1 aromatic carbocycles. The molecule has 1 fully saturated rings. The molecule has 0 atom stereocenters. The van der Waals surface area contributed by atoms with E-state index in [2.05, 4.69) is 0 Å². The summed E-state index contributed by atoms with van der Waals surface area (Å²) in [4.78, 5) is 30.2. The summed E-state index contributed by atoms with van der Waals surface area (Å²) in [5, 5.41) is 0. The first-order valence-corrected chi connectivity index (χ1v) is 8.96. The topological polar surface area (TPSA) is 57.0 Å². The first-order chi connectivity index (χ1) is 12.9. The third-order valence-electron chi connectivity index (χ3n) is 4.49. The van der Waals surface area contributed by atoms with Crippen LogP contribution in [-0.2, 0) is 17.9 Å². The lowest BCUT2D eigenvalue weighted by atomic mass is 10.2. The number of hydrogen-bond acceptors (Lipinski definition) is 3. The molecular formula is C20H24FN3O3. The molecule has 1 saturated carbocycles. The Morgan fingerprint density at radius 1 is 1.11 bits per heavy atom. The molecule has 6 nitrogen and oxygen atoms in total. The molecule has 7 heteroatoms. The van der Waals surface area contributed by atoms with Gasteiger partial charge in [-0.1, -0.05) is 12.1 Å². The SMILES string of the molecule is CN(C)C(=O)N(CC(=O)N(Cc1ccc(F)cc1)Cc1ccco1)C1CC1. The molecule has 3 amide bonds. The van der Waals surface area contributed by atoms with E-state index < -0.39 is 0 Å². The Morgan fingerprint density at radius 3 is 2.37 bits per heavy atom. The average molecular weight is 373 g/mol. The maximum absolute atomic E-state index is 13.2. The highest BCUT2D eigenvalue weighted by atomic mass is 19.1. The first-order valence-electron chi connectivity index (χ1n) is 8.96. The zero-order chi connectivity index (χ0) is 19.4. The standard InChI is InChI=1S/C20H24FN3O3/c1-22(2)20(26)24(17-9-10-17)14-19(25)23(13-18-4-3-11-27-18)12-15-5-7-16(21)8-6-15/h3-8,11,17H,9-10,12-14H2,1-2H3. The molecule has 1 aliphatic carbocycles. The number of halogens is 1. The van der Waals surface area contributed by atoms with Crippen molar-refractivity contribution in [2.75, 3.05) is 20.6 Å². The lowest BCUT2D eigenvalue weighted by molar-refractivity contribution is -0.133. The quantitative estimate of drug-likeness (QED) is 0.749. The van der Waals surface area contributed by atoms with E-state index in [1.54, 1.807) is 54.4 Å². The van der Waals surface area contributed by atoms with E-state index in [4.69, 9.17) is 4.42 Å². The molecule has 0 spiro atoms. The van der Waals surface area contributed by atoms with Crippen LogP contribution in [0.25, 0.3) is 0 Å². The van der Waals surface area contributed by atoms with E-state index >= 15 is 0 Å². The highest BCUT2D eigenvalue weighted by Gasteiger charge is 2.35. The third-order valence-corrected chi connectivity index (χ3v) is 4.49. The van der Waals surface area contributed by atoms with Gasteiger partial charge in [-0.15, -0.1) is 0 Å². The van der Waals surface area contributed by atoms with Crippen LogP contribution in [0.3, 0.4) is 0 Å². The lowest BCUT2D eigenvalue weighted by Crippen LogP contribution is -2.47. The number of rotatable bonds is 7. The Bertz CT molecular complexity index is 770. The molecule has 1 heterocycles. The molecule has 3 rings (SSSR count). The van der Waals surface area contributed by atoms with Gasteiger partial charge in [-0.05, 0) is 42.7 Å². The summed E-state index contributed by atoms with van der Waals surface area (Å²) in [6.45, 7) is 0.621. The van der Waals surface area contributed by atoms with Crippen molar-refractivity contribution in [3.63, 3.8) is 0 Å². The van der Waals surface area contributed by atoms with Crippen molar-refractivity contribution in [1.82, 2.24) is 14.7 Å². The molecule has 0 bridgehead atoms. The van der Waals surface area contributed by atoms with Gasteiger partial charge in [-0.2, -0.15) is 0 Å². The van der Waals surface area contributed by atoms with Gasteiger partial charge >= 0.3 is 6.03 Å². The van der Waals surface area contributed by atoms with Crippen molar-refractivity contribution < 1.29 is 18.4 Å². The van der Waals surface area contributed by atoms with E-state index in [0.29, 0.717) is 12.3 Å². The van der Waals surface area contributed by atoms with Crippen LogP contribution < -0.4 is 0 Å². The lowest BCUT2D eigenvalue weighted by Gasteiger charge is -2.29. The van der Waals surface area contributed by atoms with E-state index in [1.165, 1.54) is 17.0 Å².